The molecule has 0 spiro atoms. The van der Waals surface area contributed by atoms with Crippen molar-refractivity contribution in [3.8, 4) is 11.5 Å². The van der Waals surface area contributed by atoms with Gasteiger partial charge in [-0.2, -0.15) is 0 Å². The summed E-state index contributed by atoms with van der Waals surface area (Å²) in [4.78, 5) is 15.3. The number of halogens is 2. The second kappa shape index (κ2) is 10.1. The Morgan fingerprint density at radius 2 is 1.63 bits per heavy atom. The Hall–Kier alpha value is -3.98. The molecule has 0 aromatic heterocycles. The quantitative estimate of drug-likeness (QED) is 0.451. The van der Waals surface area contributed by atoms with E-state index < -0.39 is 23.6 Å². The van der Waals surface area contributed by atoms with E-state index in [-0.39, 0.29) is 16.2 Å². The molecule has 0 bridgehead atoms. The van der Waals surface area contributed by atoms with Crippen LogP contribution in [0.15, 0.2) is 78.0 Å². The first-order valence-electron chi connectivity index (χ1n) is 10.7. The molecule has 6 nitrogen and oxygen atoms in total. The van der Waals surface area contributed by atoms with Crippen LogP contribution in [0.4, 0.5) is 20.2 Å². The zero-order valence-corrected chi connectivity index (χ0v) is 20.1. The Labute approximate surface area is 207 Å². The van der Waals surface area contributed by atoms with Gasteiger partial charge in [0, 0.05) is 11.4 Å². The van der Waals surface area contributed by atoms with E-state index in [4.69, 9.17) is 21.7 Å². The molecule has 1 heterocycles. The second-order valence-electron chi connectivity index (χ2n) is 7.70. The van der Waals surface area contributed by atoms with Gasteiger partial charge in [0.2, 0.25) is 0 Å². The molecular weight excluding hydrogens is 472 g/mol. The number of methoxy groups -OCH3 is 2. The minimum absolute atomic E-state index is 0.101. The minimum Gasteiger partial charge on any atom is -0.497 e. The van der Waals surface area contributed by atoms with Crippen molar-refractivity contribution in [2.24, 2.45) is 0 Å². The molecule has 3 aromatic rings. The van der Waals surface area contributed by atoms with E-state index in [1.54, 1.807) is 67.5 Å². The largest absolute Gasteiger partial charge is 0.497 e. The monoisotopic (exact) mass is 495 g/mol. The van der Waals surface area contributed by atoms with Gasteiger partial charge < -0.3 is 20.1 Å². The SMILES string of the molecule is COc1ccc(N2C(=S)NC(c3c(F)cccc3F)C(C(=O)Nc3ccccc3OC)=C2C)cc1. The van der Waals surface area contributed by atoms with Gasteiger partial charge in [-0.1, -0.05) is 18.2 Å². The molecule has 3 aromatic carbocycles. The molecule has 1 aliphatic heterocycles. The summed E-state index contributed by atoms with van der Waals surface area (Å²) in [5, 5.41) is 5.96. The number of hydrogen-bond donors (Lipinski definition) is 2. The number of para-hydroxylation sites is 2. The van der Waals surface area contributed by atoms with Crippen LogP contribution >= 0.6 is 12.2 Å². The Balaban J connectivity index is 1.85. The van der Waals surface area contributed by atoms with Crippen molar-refractivity contribution in [3.63, 3.8) is 0 Å². The van der Waals surface area contributed by atoms with Crippen molar-refractivity contribution in [1.82, 2.24) is 5.32 Å². The molecular formula is C26H23F2N3O3S. The number of allylic oxidation sites excluding steroid dienone is 1. The minimum atomic E-state index is -1.16. The maximum atomic E-state index is 14.8. The standard InChI is InChI=1S/C26H23F2N3O3S/c1-15-22(25(32)29-20-9-4-5-10-21(20)34-3)24(23-18(27)7-6-8-19(23)28)30-26(35)31(15)16-11-13-17(33-2)14-12-16/h4-14,24H,1-3H3,(H,29,32)(H,30,35). The molecule has 0 aliphatic carbocycles. The third-order valence-electron chi connectivity index (χ3n) is 5.70. The fourth-order valence-corrected chi connectivity index (χ4v) is 4.38. The predicted octanol–water partition coefficient (Wildman–Crippen LogP) is 5.33. The van der Waals surface area contributed by atoms with Gasteiger partial charge in [0.05, 0.1) is 37.1 Å². The Kier molecular flexibility index (Phi) is 6.97. The number of rotatable bonds is 6. The lowest BCUT2D eigenvalue weighted by Crippen LogP contribution is -2.49. The van der Waals surface area contributed by atoms with Crippen LogP contribution in [0.5, 0.6) is 11.5 Å². The number of anilines is 2. The number of hydrogen-bond acceptors (Lipinski definition) is 4. The van der Waals surface area contributed by atoms with Crippen LogP contribution in [0.1, 0.15) is 18.5 Å². The molecule has 0 saturated carbocycles. The Bertz CT molecular complexity index is 1290. The molecule has 0 radical (unpaired) electrons. The Morgan fingerprint density at radius 1 is 0.971 bits per heavy atom. The zero-order chi connectivity index (χ0) is 25.1. The van der Waals surface area contributed by atoms with Gasteiger partial charge >= 0.3 is 0 Å². The van der Waals surface area contributed by atoms with Crippen molar-refractivity contribution >= 4 is 34.6 Å². The van der Waals surface area contributed by atoms with Crippen LogP contribution in [0.2, 0.25) is 0 Å². The molecule has 2 N–H and O–H groups in total. The summed E-state index contributed by atoms with van der Waals surface area (Å²) in [6.45, 7) is 1.68. The normalized spacial score (nSPS) is 15.5. The highest BCUT2D eigenvalue weighted by molar-refractivity contribution is 7.80. The average molecular weight is 496 g/mol. The predicted molar refractivity (Wildman–Crippen MR) is 135 cm³/mol. The molecule has 1 unspecified atom stereocenters. The smallest absolute Gasteiger partial charge is 0.255 e. The second-order valence-corrected chi connectivity index (χ2v) is 8.09. The molecule has 35 heavy (non-hydrogen) atoms. The van der Waals surface area contributed by atoms with E-state index in [1.165, 1.54) is 13.2 Å². The lowest BCUT2D eigenvalue weighted by atomic mass is 9.93. The molecule has 0 fully saturated rings. The highest BCUT2D eigenvalue weighted by Crippen LogP contribution is 2.37. The number of benzene rings is 3. The van der Waals surface area contributed by atoms with Crippen molar-refractivity contribution < 1.29 is 23.0 Å². The zero-order valence-electron chi connectivity index (χ0n) is 19.3. The molecule has 4 rings (SSSR count). The van der Waals surface area contributed by atoms with E-state index in [9.17, 15) is 13.6 Å². The molecule has 180 valence electrons. The molecule has 1 amide bonds. The van der Waals surface area contributed by atoms with E-state index in [1.807, 2.05) is 0 Å². The fourth-order valence-electron chi connectivity index (χ4n) is 4.02. The number of ether oxygens (including phenoxy) is 2. The highest BCUT2D eigenvalue weighted by Gasteiger charge is 2.37. The maximum Gasteiger partial charge on any atom is 0.255 e. The van der Waals surface area contributed by atoms with Crippen LogP contribution in [0.25, 0.3) is 0 Å². The van der Waals surface area contributed by atoms with Crippen LogP contribution < -0.4 is 25.0 Å². The van der Waals surface area contributed by atoms with Crippen molar-refractivity contribution in [2.75, 3.05) is 24.4 Å². The summed E-state index contributed by atoms with van der Waals surface area (Å²) in [6.07, 6.45) is 0. The lowest BCUT2D eigenvalue weighted by Gasteiger charge is -2.38. The topological polar surface area (TPSA) is 62.8 Å². The van der Waals surface area contributed by atoms with Gasteiger partial charge in [0.25, 0.3) is 5.91 Å². The van der Waals surface area contributed by atoms with Gasteiger partial charge in [-0.15, -0.1) is 0 Å². The molecule has 9 heteroatoms. The summed E-state index contributed by atoms with van der Waals surface area (Å²) < 4.78 is 40.3. The molecule has 1 aliphatic rings. The van der Waals surface area contributed by atoms with E-state index in [0.29, 0.717) is 28.6 Å². The van der Waals surface area contributed by atoms with Crippen LogP contribution in [0, 0.1) is 11.6 Å². The number of carbonyl (C=O) groups is 1. The first-order chi connectivity index (χ1) is 16.8. The average Bonchev–Trinajstić information content (AvgIpc) is 2.84. The third kappa shape index (κ3) is 4.67. The summed E-state index contributed by atoms with van der Waals surface area (Å²) in [6, 6.07) is 16.3. The van der Waals surface area contributed by atoms with Gasteiger partial charge in [-0.3, -0.25) is 9.69 Å². The summed E-state index contributed by atoms with van der Waals surface area (Å²) in [5.41, 5.74) is 1.28. The summed E-state index contributed by atoms with van der Waals surface area (Å²) in [5.74, 6) is -1.06. The van der Waals surface area contributed by atoms with Crippen LogP contribution in [-0.2, 0) is 4.79 Å². The van der Waals surface area contributed by atoms with Crippen molar-refractivity contribution in [3.05, 3.63) is 95.2 Å². The van der Waals surface area contributed by atoms with Crippen molar-refractivity contribution in [1.29, 1.82) is 0 Å². The van der Waals surface area contributed by atoms with Crippen LogP contribution in [0.3, 0.4) is 0 Å². The van der Waals surface area contributed by atoms with Gasteiger partial charge in [0.15, 0.2) is 5.11 Å². The van der Waals surface area contributed by atoms with E-state index in [0.717, 1.165) is 12.1 Å². The fraction of sp³-hybridized carbons (Fsp3) is 0.154. The van der Waals surface area contributed by atoms with E-state index in [2.05, 4.69) is 10.6 Å². The summed E-state index contributed by atoms with van der Waals surface area (Å²) in [7, 11) is 3.04. The lowest BCUT2D eigenvalue weighted by molar-refractivity contribution is -0.113. The number of nitrogens with zero attached hydrogens (tertiary/aromatic N) is 1. The van der Waals surface area contributed by atoms with Gasteiger partial charge in [-0.05, 0) is 67.7 Å². The number of thiocarbonyl (C=S) groups is 1. The third-order valence-corrected chi connectivity index (χ3v) is 6.00. The number of carbonyl (C=O) groups excluding carboxylic acids is 1. The number of nitrogens with one attached hydrogen (secondary N) is 2. The van der Waals surface area contributed by atoms with Crippen molar-refractivity contribution in [2.45, 2.75) is 13.0 Å². The summed E-state index contributed by atoms with van der Waals surface area (Å²) >= 11 is 5.57. The highest BCUT2D eigenvalue weighted by atomic mass is 32.1. The first kappa shape index (κ1) is 24.2. The number of amides is 1. The van der Waals surface area contributed by atoms with Crippen LogP contribution in [-0.4, -0.2) is 25.2 Å². The van der Waals surface area contributed by atoms with E-state index >= 15 is 0 Å². The van der Waals surface area contributed by atoms with Gasteiger partial charge in [0.1, 0.15) is 23.1 Å². The first-order valence-corrected chi connectivity index (χ1v) is 11.1. The maximum absolute atomic E-state index is 14.8. The Morgan fingerprint density at radius 3 is 2.26 bits per heavy atom. The molecule has 0 saturated heterocycles. The molecule has 1 atom stereocenters. The van der Waals surface area contributed by atoms with Gasteiger partial charge in [-0.25, -0.2) is 8.78 Å².